The normalized spacial score (nSPS) is 18.9. The number of likely N-dealkylation sites (tertiary alicyclic amines) is 1. The van der Waals surface area contributed by atoms with Crippen molar-refractivity contribution < 1.29 is 4.74 Å². The number of unbranched alkanes of at least 4 members (excludes halogenated alkanes) is 1. The highest BCUT2D eigenvalue weighted by molar-refractivity contribution is 5.39. The summed E-state index contributed by atoms with van der Waals surface area (Å²) in [7, 11) is 1.69. The van der Waals surface area contributed by atoms with Crippen LogP contribution in [0, 0.1) is 11.8 Å². The molecule has 0 amide bonds. The van der Waals surface area contributed by atoms with Gasteiger partial charge in [-0.2, -0.15) is 0 Å². The quantitative estimate of drug-likeness (QED) is 0.767. The molecule has 0 saturated carbocycles. The van der Waals surface area contributed by atoms with E-state index >= 15 is 0 Å². The van der Waals surface area contributed by atoms with Crippen LogP contribution in [0.1, 0.15) is 38.2 Å². The summed E-state index contributed by atoms with van der Waals surface area (Å²) in [6.07, 6.45) is 5.04. The molecule has 2 heteroatoms. The van der Waals surface area contributed by atoms with Crippen molar-refractivity contribution in [2.75, 3.05) is 20.2 Å². The SMILES string of the molecule is CCCCN1CCCC1C#Cc1ccc(OC)cc1. The molecule has 0 aromatic heterocycles. The van der Waals surface area contributed by atoms with E-state index < -0.39 is 0 Å². The molecule has 102 valence electrons. The molecule has 1 aliphatic rings. The average molecular weight is 257 g/mol. The molecule has 1 heterocycles. The number of rotatable bonds is 4. The largest absolute Gasteiger partial charge is 0.497 e. The van der Waals surface area contributed by atoms with E-state index in [1.165, 1.54) is 38.8 Å². The Labute approximate surface area is 116 Å². The van der Waals surface area contributed by atoms with Gasteiger partial charge in [-0.3, -0.25) is 4.90 Å². The molecule has 2 nitrogen and oxygen atoms in total. The monoisotopic (exact) mass is 257 g/mol. The minimum atomic E-state index is 0.452. The van der Waals surface area contributed by atoms with E-state index in [0.29, 0.717) is 6.04 Å². The van der Waals surface area contributed by atoms with Crippen molar-refractivity contribution in [3.8, 4) is 17.6 Å². The molecular formula is C17H23NO. The van der Waals surface area contributed by atoms with Gasteiger partial charge in [0.05, 0.1) is 13.2 Å². The molecule has 0 radical (unpaired) electrons. The lowest BCUT2D eigenvalue weighted by molar-refractivity contribution is 0.291. The summed E-state index contributed by atoms with van der Waals surface area (Å²) in [5.74, 6) is 7.61. The fourth-order valence-electron chi connectivity index (χ4n) is 2.46. The lowest BCUT2D eigenvalue weighted by Crippen LogP contribution is -2.29. The van der Waals surface area contributed by atoms with Gasteiger partial charge in [0.2, 0.25) is 0 Å². The molecule has 1 aromatic carbocycles. The van der Waals surface area contributed by atoms with Crippen molar-refractivity contribution in [2.45, 2.75) is 38.6 Å². The predicted octanol–water partition coefficient (Wildman–Crippen LogP) is 3.31. The van der Waals surface area contributed by atoms with Gasteiger partial charge in [0, 0.05) is 5.56 Å². The molecule has 0 spiro atoms. The Bertz CT molecular complexity index is 441. The van der Waals surface area contributed by atoms with Gasteiger partial charge in [-0.25, -0.2) is 0 Å². The van der Waals surface area contributed by atoms with Crippen LogP contribution < -0.4 is 4.74 Å². The van der Waals surface area contributed by atoms with Crippen LogP contribution in [0.5, 0.6) is 5.75 Å². The van der Waals surface area contributed by atoms with E-state index in [9.17, 15) is 0 Å². The maximum Gasteiger partial charge on any atom is 0.118 e. The van der Waals surface area contributed by atoms with Gasteiger partial charge in [-0.05, 0) is 56.6 Å². The second-order valence-corrected chi connectivity index (χ2v) is 5.05. The molecule has 0 bridgehead atoms. The zero-order chi connectivity index (χ0) is 13.5. The summed E-state index contributed by atoms with van der Waals surface area (Å²) >= 11 is 0. The first kappa shape index (κ1) is 14.0. The smallest absolute Gasteiger partial charge is 0.118 e. The maximum absolute atomic E-state index is 5.15. The van der Waals surface area contributed by atoms with Crippen molar-refractivity contribution in [1.29, 1.82) is 0 Å². The van der Waals surface area contributed by atoms with Crippen molar-refractivity contribution in [1.82, 2.24) is 4.90 Å². The molecule has 1 saturated heterocycles. The van der Waals surface area contributed by atoms with Crippen molar-refractivity contribution in [3.63, 3.8) is 0 Å². The summed E-state index contributed by atoms with van der Waals surface area (Å²) in [4.78, 5) is 2.53. The molecule has 19 heavy (non-hydrogen) atoms. The van der Waals surface area contributed by atoms with Gasteiger partial charge in [0.15, 0.2) is 0 Å². The topological polar surface area (TPSA) is 12.5 Å². The molecule has 2 rings (SSSR count). The van der Waals surface area contributed by atoms with E-state index in [2.05, 4.69) is 23.7 Å². The van der Waals surface area contributed by atoms with E-state index in [0.717, 1.165) is 11.3 Å². The van der Waals surface area contributed by atoms with Gasteiger partial charge >= 0.3 is 0 Å². The molecule has 0 aliphatic carbocycles. The molecule has 1 unspecified atom stereocenters. The molecule has 1 fully saturated rings. The Morgan fingerprint density at radius 2 is 2.11 bits per heavy atom. The third kappa shape index (κ3) is 4.01. The Morgan fingerprint density at radius 3 is 2.79 bits per heavy atom. The van der Waals surface area contributed by atoms with Gasteiger partial charge in [0.1, 0.15) is 5.75 Å². The van der Waals surface area contributed by atoms with Crippen LogP contribution in [0.2, 0.25) is 0 Å². The average Bonchev–Trinajstić information content (AvgIpc) is 2.91. The zero-order valence-corrected chi connectivity index (χ0v) is 12.0. The van der Waals surface area contributed by atoms with Crippen LogP contribution in [-0.4, -0.2) is 31.1 Å². The standard InChI is InChI=1S/C17H23NO/c1-3-4-13-18-14-5-6-16(18)10-7-15-8-11-17(19-2)12-9-15/h8-9,11-12,16H,3-6,13-14H2,1-2H3. The number of ether oxygens (including phenoxy) is 1. The van der Waals surface area contributed by atoms with Gasteiger partial charge < -0.3 is 4.74 Å². The van der Waals surface area contributed by atoms with Gasteiger partial charge in [0.25, 0.3) is 0 Å². The van der Waals surface area contributed by atoms with Crippen LogP contribution in [-0.2, 0) is 0 Å². The fourth-order valence-corrected chi connectivity index (χ4v) is 2.46. The number of hydrogen-bond donors (Lipinski definition) is 0. The minimum Gasteiger partial charge on any atom is -0.497 e. The Kier molecular flexibility index (Phi) is 5.30. The Hall–Kier alpha value is -1.46. The van der Waals surface area contributed by atoms with Gasteiger partial charge in [-0.1, -0.05) is 25.2 Å². The maximum atomic E-state index is 5.15. The van der Waals surface area contributed by atoms with Crippen molar-refractivity contribution in [3.05, 3.63) is 29.8 Å². The van der Waals surface area contributed by atoms with Crippen LogP contribution in [0.15, 0.2) is 24.3 Å². The summed E-state index contributed by atoms with van der Waals surface area (Å²) in [5, 5.41) is 0. The molecule has 1 aliphatic heterocycles. The predicted molar refractivity (Wildman–Crippen MR) is 79.4 cm³/mol. The molecular weight excluding hydrogens is 234 g/mol. The summed E-state index contributed by atoms with van der Waals surface area (Å²) in [6.45, 7) is 4.65. The van der Waals surface area contributed by atoms with Crippen molar-refractivity contribution in [2.24, 2.45) is 0 Å². The Balaban J connectivity index is 1.97. The number of nitrogens with zero attached hydrogens (tertiary/aromatic N) is 1. The van der Waals surface area contributed by atoms with Crippen LogP contribution in [0.4, 0.5) is 0 Å². The summed E-state index contributed by atoms with van der Waals surface area (Å²) < 4.78 is 5.15. The van der Waals surface area contributed by atoms with E-state index in [1.54, 1.807) is 7.11 Å². The van der Waals surface area contributed by atoms with Crippen LogP contribution in [0.25, 0.3) is 0 Å². The molecule has 1 aromatic rings. The number of hydrogen-bond acceptors (Lipinski definition) is 2. The first-order valence-electron chi connectivity index (χ1n) is 7.23. The highest BCUT2D eigenvalue weighted by atomic mass is 16.5. The summed E-state index contributed by atoms with van der Waals surface area (Å²) in [5.41, 5.74) is 1.07. The van der Waals surface area contributed by atoms with E-state index in [-0.39, 0.29) is 0 Å². The van der Waals surface area contributed by atoms with E-state index in [1.807, 2.05) is 24.3 Å². The van der Waals surface area contributed by atoms with Gasteiger partial charge in [-0.15, -0.1) is 0 Å². The highest BCUT2D eigenvalue weighted by Crippen LogP contribution is 2.17. The number of methoxy groups -OCH3 is 1. The fraction of sp³-hybridized carbons (Fsp3) is 0.529. The second-order valence-electron chi connectivity index (χ2n) is 5.05. The lowest BCUT2D eigenvalue weighted by Gasteiger charge is -2.19. The van der Waals surface area contributed by atoms with Crippen molar-refractivity contribution >= 4 is 0 Å². The summed E-state index contributed by atoms with van der Waals surface area (Å²) in [6, 6.07) is 8.43. The van der Waals surface area contributed by atoms with Crippen LogP contribution >= 0.6 is 0 Å². The number of benzene rings is 1. The van der Waals surface area contributed by atoms with E-state index in [4.69, 9.17) is 4.74 Å². The second kappa shape index (κ2) is 7.21. The zero-order valence-electron chi connectivity index (χ0n) is 12.0. The molecule has 1 atom stereocenters. The lowest BCUT2D eigenvalue weighted by atomic mass is 10.1. The highest BCUT2D eigenvalue weighted by Gasteiger charge is 2.21. The third-order valence-corrected chi connectivity index (χ3v) is 3.64. The third-order valence-electron chi connectivity index (χ3n) is 3.64. The Morgan fingerprint density at radius 1 is 1.32 bits per heavy atom. The first-order chi connectivity index (χ1) is 9.33. The minimum absolute atomic E-state index is 0.452. The molecule has 0 N–H and O–H groups in total. The first-order valence-corrected chi connectivity index (χ1v) is 7.23. The van der Waals surface area contributed by atoms with Crippen LogP contribution in [0.3, 0.4) is 0 Å².